The lowest BCUT2D eigenvalue weighted by Crippen LogP contribution is -2.53. The molecule has 0 rings (SSSR count). The second-order valence-corrected chi connectivity index (χ2v) is 4.51. The molecule has 0 radical (unpaired) electrons. The third-order valence-electron chi connectivity index (χ3n) is 2.48. The lowest BCUT2D eigenvalue weighted by atomic mass is 9.98. The van der Waals surface area contributed by atoms with Crippen molar-refractivity contribution in [1.82, 2.24) is 4.90 Å². The molecule has 0 aromatic heterocycles. The van der Waals surface area contributed by atoms with Gasteiger partial charge in [-0.3, -0.25) is 4.79 Å². The first kappa shape index (κ1) is 13.4. The summed E-state index contributed by atoms with van der Waals surface area (Å²) >= 11 is 0. The van der Waals surface area contributed by atoms with Crippen LogP contribution in [-0.2, 0) is 4.79 Å². The van der Waals surface area contributed by atoms with Crippen molar-refractivity contribution in [1.29, 1.82) is 0 Å². The first-order valence-electron chi connectivity index (χ1n) is 5.43. The third kappa shape index (κ3) is 3.66. The van der Waals surface area contributed by atoms with E-state index in [1.54, 1.807) is 6.92 Å². The van der Waals surface area contributed by atoms with Gasteiger partial charge in [-0.2, -0.15) is 0 Å². The standard InChI is InChI=1S/C11H24N2O/c1-6-11(5,12)10(14)13(7-2)8-9(3)4/h9H,6-8,12H2,1-5H3. The van der Waals surface area contributed by atoms with Crippen molar-refractivity contribution >= 4 is 5.91 Å². The van der Waals surface area contributed by atoms with E-state index in [0.717, 1.165) is 13.1 Å². The lowest BCUT2D eigenvalue weighted by Gasteiger charge is -2.31. The number of nitrogens with zero attached hydrogens (tertiary/aromatic N) is 1. The first-order chi connectivity index (χ1) is 6.35. The Labute approximate surface area is 87.6 Å². The second kappa shape index (κ2) is 5.35. The average molecular weight is 200 g/mol. The van der Waals surface area contributed by atoms with E-state index in [2.05, 4.69) is 13.8 Å². The van der Waals surface area contributed by atoms with Gasteiger partial charge in [0, 0.05) is 13.1 Å². The van der Waals surface area contributed by atoms with Crippen molar-refractivity contribution < 1.29 is 4.79 Å². The molecule has 0 heterocycles. The quantitative estimate of drug-likeness (QED) is 0.733. The maximum atomic E-state index is 12.0. The van der Waals surface area contributed by atoms with Crippen LogP contribution >= 0.6 is 0 Å². The molecule has 0 saturated heterocycles. The predicted octanol–water partition coefficient (Wildman–Crippen LogP) is 1.62. The van der Waals surface area contributed by atoms with Gasteiger partial charge in [-0.1, -0.05) is 20.8 Å². The third-order valence-corrected chi connectivity index (χ3v) is 2.48. The fraction of sp³-hybridized carbons (Fsp3) is 0.909. The zero-order valence-corrected chi connectivity index (χ0v) is 10.1. The molecule has 1 atom stereocenters. The monoisotopic (exact) mass is 200 g/mol. The molecule has 0 spiro atoms. The molecule has 0 aliphatic rings. The second-order valence-electron chi connectivity index (χ2n) is 4.51. The van der Waals surface area contributed by atoms with Gasteiger partial charge in [0.05, 0.1) is 5.54 Å². The van der Waals surface area contributed by atoms with Gasteiger partial charge in [0.1, 0.15) is 0 Å². The van der Waals surface area contributed by atoms with Crippen LogP contribution in [0.15, 0.2) is 0 Å². The van der Waals surface area contributed by atoms with Gasteiger partial charge in [0.2, 0.25) is 5.91 Å². The molecule has 1 amide bonds. The number of hydrogen-bond donors (Lipinski definition) is 1. The normalized spacial score (nSPS) is 15.4. The number of rotatable bonds is 5. The van der Waals surface area contributed by atoms with Crippen molar-refractivity contribution in [2.75, 3.05) is 13.1 Å². The van der Waals surface area contributed by atoms with Crippen LogP contribution in [-0.4, -0.2) is 29.4 Å². The van der Waals surface area contributed by atoms with Gasteiger partial charge < -0.3 is 10.6 Å². The van der Waals surface area contributed by atoms with Gasteiger partial charge in [-0.25, -0.2) is 0 Å². The Morgan fingerprint density at radius 3 is 2.21 bits per heavy atom. The van der Waals surface area contributed by atoms with Crippen molar-refractivity contribution in [3.05, 3.63) is 0 Å². The number of carbonyl (C=O) groups is 1. The molecular weight excluding hydrogens is 176 g/mol. The molecule has 3 heteroatoms. The number of amides is 1. The minimum absolute atomic E-state index is 0.0659. The van der Waals surface area contributed by atoms with E-state index in [1.165, 1.54) is 0 Å². The number of carbonyl (C=O) groups excluding carboxylic acids is 1. The SMILES string of the molecule is CCN(CC(C)C)C(=O)C(C)(N)CC. The number of nitrogens with two attached hydrogens (primary N) is 1. The molecule has 1 unspecified atom stereocenters. The summed E-state index contributed by atoms with van der Waals surface area (Å²) in [6.07, 6.45) is 0.681. The van der Waals surface area contributed by atoms with Crippen molar-refractivity contribution in [3.8, 4) is 0 Å². The topological polar surface area (TPSA) is 46.3 Å². The first-order valence-corrected chi connectivity index (χ1v) is 5.43. The molecule has 3 nitrogen and oxygen atoms in total. The Balaban J connectivity index is 4.46. The van der Waals surface area contributed by atoms with Gasteiger partial charge >= 0.3 is 0 Å². The fourth-order valence-corrected chi connectivity index (χ4v) is 1.31. The molecule has 0 aliphatic carbocycles. The fourth-order valence-electron chi connectivity index (χ4n) is 1.31. The van der Waals surface area contributed by atoms with E-state index in [1.807, 2.05) is 18.7 Å². The highest BCUT2D eigenvalue weighted by Crippen LogP contribution is 2.11. The van der Waals surface area contributed by atoms with Crippen LogP contribution in [0.25, 0.3) is 0 Å². The summed E-state index contributed by atoms with van der Waals surface area (Å²) in [5.74, 6) is 0.558. The van der Waals surface area contributed by atoms with Crippen LogP contribution in [0.4, 0.5) is 0 Å². The summed E-state index contributed by atoms with van der Waals surface area (Å²) in [4.78, 5) is 13.8. The van der Waals surface area contributed by atoms with E-state index < -0.39 is 5.54 Å². The molecule has 0 aliphatic heterocycles. The summed E-state index contributed by atoms with van der Waals surface area (Å²) in [5.41, 5.74) is 5.22. The Kier molecular flexibility index (Phi) is 5.13. The predicted molar refractivity (Wildman–Crippen MR) is 60.0 cm³/mol. The summed E-state index contributed by atoms with van der Waals surface area (Å²) < 4.78 is 0. The molecule has 0 saturated carbocycles. The van der Waals surface area contributed by atoms with E-state index in [9.17, 15) is 4.79 Å². The van der Waals surface area contributed by atoms with Crippen molar-refractivity contribution in [3.63, 3.8) is 0 Å². The van der Waals surface area contributed by atoms with Crippen molar-refractivity contribution in [2.24, 2.45) is 11.7 Å². The maximum Gasteiger partial charge on any atom is 0.242 e. The molecule has 14 heavy (non-hydrogen) atoms. The Morgan fingerprint density at radius 2 is 1.93 bits per heavy atom. The van der Waals surface area contributed by atoms with Crippen LogP contribution in [0.5, 0.6) is 0 Å². The van der Waals surface area contributed by atoms with Crippen molar-refractivity contribution in [2.45, 2.75) is 46.6 Å². The highest BCUT2D eigenvalue weighted by Gasteiger charge is 2.30. The maximum absolute atomic E-state index is 12.0. The van der Waals surface area contributed by atoms with Gasteiger partial charge in [-0.15, -0.1) is 0 Å². The Hall–Kier alpha value is -0.570. The zero-order valence-electron chi connectivity index (χ0n) is 10.1. The van der Waals surface area contributed by atoms with Crippen LogP contribution in [0.2, 0.25) is 0 Å². The van der Waals surface area contributed by atoms with E-state index in [-0.39, 0.29) is 5.91 Å². The van der Waals surface area contributed by atoms with Gasteiger partial charge in [0.25, 0.3) is 0 Å². The molecule has 0 aromatic rings. The molecule has 0 aromatic carbocycles. The van der Waals surface area contributed by atoms with E-state index in [4.69, 9.17) is 5.73 Å². The number of hydrogen-bond acceptors (Lipinski definition) is 2. The number of likely N-dealkylation sites (N-methyl/N-ethyl adjacent to an activating group) is 1. The summed E-state index contributed by atoms with van der Waals surface area (Å²) in [7, 11) is 0. The average Bonchev–Trinajstić information content (AvgIpc) is 2.12. The lowest BCUT2D eigenvalue weighted by molar-refractivity contribution is -0.136. The Morgan fingerprint density at radius 1 is 1.43 bits per heavy atom. The molecule has 2 N–H and O–H groups in total. The van der Waals surface area contributed by atoms with Gasteiger partial charge in [0.15, 0.2) is 0 Å². The molecule has 84 valence electrons. The van der Waals surface area contributed by atoms with E-state index in [0.29, 0.717) is 12.3 Å². The summed E-state index contributed by atoms with van der Waals surface area (Å²) in [6.45, 7) is 11.5. The van der Waals surface area contributed by atoms with Gasteiger partial charge in [-0.05, 0) is 26.2 Å². The van der Waals surface area contributed by atoms with Crippen LogP contribution in [0, 0.1) is 5.92 Å². The highest BCUT2D eigenvalue weighted by molar-refractivity contribution is 5.85. The van der Waals surface area contributed by atoms with Crippen LogP contribution < -0.4 is 5.73 Å². The van der Waals surface area contributed by atoms with Crippen LogP contribution in [0.1, 0.15) is 41.0 Å². The zero-order chi connectivity index (χ0) is 11.4. The molecule has 0 fully saturated rings. The molecular formula is C11H24N2O. The summed E-state index contributed by atoms with van der Waals surface area (Å²) in [5, 5.41) is 0. The van der Waals surface area contributed by atoms with E-state index >= 15 is 0 Å². The Bertz CT molecular complexity index is 188. The highest BCUT2D eigenvalue weighted by atomic mass is 16.2. The minimum atomic E-state index is -0.703. The summed E-state index contributed by atoms with van der Waals surface area (Å²) in [6, 6.07) is 0. The minimum Gasteiger partial charge on any atom is -0.341 e. The molecule has 0 bridgehead atoms. The largest absolute Gasteiger partial charge is 0.341 e. The smallest absolute Gasteiger partial charge is 0.242 e. The van der Waals surface area contributed by atoms with Crippen LogP contribution in [0.3, 0.4) is 0 Å².